The van der Waals surface area contributed by atoms with E-state index in [1.54, 1.807) is 6.08 Å². The van der Waals surface area contributed by atoms with Gasteiger partial charge in [-0.05, 0) is 19.1 Å². The van der Waals surface area contributed by atoms with E-state index in [1.807, 2.05) is 31.5 Å². The molecule has 0 aromatic heterocycles. The standard InChI is InChI=1S/C13H16N/c1-3-10-14(11-4-2)12-13-8-6-5-7-9-13/h3-11H,1,12H2,2H3/q+1/b11-4-,14-10?. The van der Waals surface area contributed by atoms with E-state index < -0.39 is 0 Å². The average Bonchev–Trinajstić information content (AvgIpc) is 2.20. The summed E-state index contributed by atoms with van der Waals surface area (Å²) < 4.78 is 2.10. The van der Waals surface area contributed by atoms with E-state index in [1.165, 1.54) is 5.56 Å². The first-order valence-corrected chi connectivity index (χ1v) is 4.75. The number of allylic oxidation sites excluding steroid dienone is 2. The van der Waals surface area contributed by atoms with Gasteiger partial charge in [0.1, 0.15) is 0 Å². The van der Waals surface area contributed by atoms with Crippen LogP contribution < -0.4 is 0 Å². The van der Waals surface area contributed by atoms with Crippen molar-refractivity contribution in [3.63, 3.8) is 0 Å². The van der Waals surface area contributed by atoms with Gasteiger partial charge in [0.25, 0.3) is 0 Å². The Morgan fingerprint density at radius 1 is 1.29 bits per heavy atom. The SMILES string of the molecule is C=CC=[N+](/C=C\C)Cc1ccccc1. The van der Waals surface area contributed by atoms with E-state index in [0.29, 0.717) is 0 Å². The summed E-state index contributed by atoms with van der Waals surface area (Å²) in [5.74, 6) is 0. The van der Waals surface area contributed by atoms with Crippen molar-refractivity contribution in [2.24, 2.45) is 0 Å². The van der Waals surface area contributed by atoms with E-state index in [9.17, 15) is 0 Å². The normalized spacial score (nSPS) is 11.9. The number of nitrogens with zero attached hydrogens (tertiary/aromatic N) is 1. The molecule has 0 atom stereocenters. The third kappa shape index (κ3) is 3.40. The van der Waals surface area contributed by atoms with E-state index in [2.05, 4.69) is 35.4 Å². The maximum atomic E-state index is 3.69. The molecular formula is C13H16N+. The van der Waals surface area contributed by atoms with Crippen LogP contribution in [0.5, 0.6) is 0 Å². The first-order valence-electron chi connectivity index (χ1n) is 4.75. The molecule has 0 bridgehead atoms. The van der Waals surface area contributed by atoms with Gasteiger partial charge < -0.3 is 0 Å². The molecule has 0 aliphatic carbocycles. The molecule has 0 N–H and O–H groups in total. The molecule has 0 amide bonds. The molecule has 0 saturated carbocycles. The minimum absolute atomic E-state index is 0.886. The van der Waals surface area contributed by atoms with Gasteiger partial charge in [-0.3, -0.25) is 0 Å². The van der Waals surface area contributed by atoms with Crippen LogP contribution in [0, 0.1) is 0 Å². The summed E-state index contributed by atoms with van der Waals surface area (Å²) in [4.78, 5) is 0. The second-order valence-electron chi connectivity index (χ2n) is 3.03. The van der Waals surface area contributed by atoms with Gasteiger partial charge in [-0.2, -0.15) is 0 Å². The monoisotopic (exact) mass is 186 g/mol. The van der Waals surface area contributed by atoms with E-state index in [-0.39, 0.29) is 0 Å². The highest BCUT2D eigenvalue weighted by Crippen LogP contribution is 2.00. The minimum atomic E-state index is 0.886. The zero-order chi connectivity index (χ0) is 10.2. The zero-order valence-corrected chi connectivity index (χ0v) is 8.56. The predicted octanol–water partition coefficient (Wildman–Crippen LogP) is 2.99. The van der Waals surface area contributed by atoms with E-state index in [0.717, 1.165) is 6.54 Å². The van der Waals surface area contributed by atoms with Crippen molar-refractivity contribution >= 4 is 6.21 Å². The van der Waals surface area contributed by atoms with Crippen molar-refractivity contribution in [3.8, 4) is 0 Å². The van der Waals surface area contributed by atoms with Gasteiger partial charge in [-0.1, -0.05) is 36.9 Å². The van der Waals surface area contributed by atoms with Crippen molar-refractivity contribution in [2.45, 2.75) is 13.5 Å². The molecule has 0 unspecified atom stereocenters. The van der Waals surface area contributed by atoms with Crippen molar-refractivity contribution in [1.82, 2.24) is 0 Å². The summed E-state index contributed by atoms with van der Waals surface area (Å²) in [5.41, 5.74) is 1.30. The summed E-state index contributed by atoms with van der Waals surface area (Å²) in [5, 5.41) is 0. The molecule has 0 aliphatic heterocycles. The first kappa shape index (κ1) is 10.5. The molecule has 0 radical (unpaired) electrons. The van der Waals surface area contributed by atoms with Gasteiger partial charge in [0.05, 0.1) is 0 Å². The maximum Gasteiger partial charge on any atom is 0.173 e. The van der Waals surface area contributed by atoms with Gasteiger partial charge in [0, 0.05) is 5.56 Å². The molecule has 0 spiro atoms. The number of hydrogen-bond acceptors (Lipinski definition) is 0. The Morgan fingerprint density at radius 2 is 2.00 bits per heavy atom. The van der Waals surface area contributed by atoms with Gasteiger partial charge >= 0.3 is 0 Å². The highest BCUT2D eigenvalue weighted by atomic mass is 15.0. The van der Waals surface area contributed by atoms with Crippen LogP contribution in [0.2, 0.25) is 0 Å². The van der Waals surface area contributed by atoms with Crippen LogP contribution >= 0.6 is 0 Å². The Hall–Kier alpha value is -1.63. The molecule has 0 fully saturated rings. The summed E-state index contributed by atoms with van der Waals surface area (Å²) in [6.45, 7) is 6.59. The molecule has 0 heterocycles. The topological polar surface area (TPSA) is 3.01 Å². The summed E-state index contributed by atoms with van der Waals surface area (Å²) in [6, 6.07) is 10.4. The Morgan fingerprint density at radius 3 is 2.57 bits per heavy atom. The first-order chi connectivity index (χ1) is 6.86. The lowest BCUT2D eigenvalue weighted by Crippen LogP contribution is -2.04. The van der Waals surface area contributed by atoms with Crippen LogP contribution in [-0.2, 0) is 6.54 Å². The van der Waals surface area contributed by atoms with E-state index in [4.69, 9.17) is 0 Å². The van der Waals surface area contributed by atoms with Crippen LogP contribution in [0.25, 0.3) is 0 Å². The molecule has 1 nitrogen and oxygen atoms in total. The van der Waals surface area contributed by atoms with Crippen LogP contribution in [0.4, 0.5) is 0 Å². The molecular weight excluding hydrogens is 170 g/mol. The molecule has 1 aromatic rings. The fourth-order valence-electron chi connectivity index (χ4n) is 1.28. The number of rotatable bonds is 4. The number of benzene rings is 1. The molecule has 1 rings (SSSR count). The molecule has 1 aromatic carbocycles. The molecule has 0 aliphatic rings. The van der Waals surface area contributed by atoms with Crippen LogP contribution in [0.1, 0.15) is 12.5 Å². The predicted molar refractivity (Wildman–Crippen MR) is 61.5 cm³/mol. The summed E-state index contributed by atoms with van der Waals surface area (Å²) >= 11 is 0. The quantitative estimate of drug-likeness (QED) is 0.502. The van der Waals surface area contributed by atoms with Crippen molar-refractivity contribution < 1.29 is 4.58 Å². The molecule has 14 heavy (non-hydrogen) atoms. The zero-order valence-electron chi connectivity index (χ0n) is 8.56. The highest BCUT2D eigenvalue weighted by molar-refractivity contribution is 5.65. The third-order valence-electron chi connectivity index (χ3n) is 1.85. The fraction of sp³-hybridized carbons (Fsp3) is 0.154. The minimum Gasteiger partial charge on any atom is -0.201 e. The second-order valence-corrected chi connectivity index (χ2v) is 3.03. The fourth-order valence-corrected chi connectivity index (χ4v) is 1.28. The van der Waals surface area contributed by atoms with E-state index >= 15 is 0 Å². The lowest BCUT2D eigenvalue weighted by atomic mass is 10.2. The lowest BCUT2D eigenvalue weighted by Gasteiger charge is -1.96. The molecule has 1 heteroatoms. The average molecular weight is 186 g/mol. The molecule has 0 saturated heterocycles. The summed E-state index contributed by atoms with van der Waals surface area (Å²) in [6.07, 6.45) is 7.81. The van der Waals surface area contributed by atoms with Crippen molar-refractivity contribution in [2.75, 3.05) is 0 Å². The third-order valence-corrected chi connectivity index (χ3v) is 1.85. The van der Waals surface area contributed by atoms with Gasteiger partial charge in [0.15, 0.2) is 19.0 Å². The smallest absolute Gasteiger partial charge is 0.173 e. The summed E-state index contributed by atoms with van der Waals surface area (Å²) in [7, 11) is 0. The van der Waals surface area contributed by atoms with Crippen LogP contribution in [0.15, 0.2) is 55.3 Å². The van der Waals surface area contributed by atoms with Gasteiger partial charge in [0.2, 0.25) is 0 Å². The Labute approximate surface area is 85.7 Å². The van der Waals surface area contributed by atoms with Crippen LogP contribution in [-0.4, -0.2) is 10.8 Å². The Bertz CT molecular complexity index is 334. The van der Waals surface area contributed by atoms with Crippen molar-refractivity contribution in [3.05, 3.63) is 60.8 Å². The largest absolute Gasteiger partial charge is 0.201 e. The second kappa shape index (κ2) is 5.92. The maximum absolute atomic E-state index is 3.69. The van der Waals surface area contributed by atoms with Crippen molar-refractivity contribution in [1.29, 1.82) is 0 Å². The van der Waals surface area contributed by atoms with Gasteiger partial charge in [-0.25, -0.2) is 4.58 Å². The lowest BCUT2D eigenvalue weighted by molar-refractivity contribution is -0.468. The highest BCUT2D eigenvalue weighted by Gasteiger charge is 1.99. The molecule has 72 valence electrons. The van der Waals surface area contributed by atoms with Crippen LogP contribution in [0.3, 0.4) is 0 Å². The van der Waals surface area contributed by atoms with Gasteiger partial charge in [-0.15, -0.1) is 0 Å². The Balaban J connectivity index is 2.75. The Kier molecular flexibility index (Phi) is 4.42. The number of hydrogen-bond donors (Lipinski definition) is 0.